The van der Waals surface area contributed by atoms with Gasteiger partial charge in [0.05, 0.1) is 18.2 Å². The molecule has 0 aliphatic rings. The molecule has 2 aromatic heterocycles. The van der Waals surface area contributed by atoms with Gasteiger partial charge in [0.2, 0.25) is 5.95 Å². The molecule has 1 aromatic carbocycles. The minimum Gasteiger partial charge on any atom is -0.472 e. The van der Waals surface area contributed by atoms with E-state index in [1.807, 2.05) is 37.3 Å². The molecule has 0 fully saturated rings. The fourth-order valence-electron chi connectivity index (χ4n) is 1.88. The van der Waals surface area contributed by atoms with Crippen LogP contribution in [0.25, 0.3) is 11.3 Å². The quantitative estimate of drug-likeness (QED) is 0.711. The maximum atomic E-state index is 5.79. The molecule has 0 saturated heterocycles. The third-order valence-corrected chi connectivity index (χ3v) is 2.98. The highest BCUT2D eigenvalue weighted by molar-refractivity contribution is 5.65. The summed E-state index contributed by atoms with van der Waals surface area (Å²) < 4.78 is 5.06. The van der Waals surface area contributed by atoms with E-state index in [9.17, 15) is 0 Å². The molecule has 5 nitrogen and oxygen atoms in total. The van der Waals surface area contributed by atoms with Crippen LogP contribution in [-0.2, 0) is 0 Å². The summed E-state index contributed by atoms with van der Waals surface area (Å²) in [4.78, 5) is 8.68. The molecule has 5 heteroatoms. The highest BCUT2D eigenvalue weighted by Gasteiger charge is 2.05. The second kappa shape index (κ2) is 5.05. The number of aromatic nitrogens is 2. The van der Waals surface area contributed by atoms with Crippen molar-refractivity contribution in [3.63, 3.8) is 0 Å². The van der Waals surface area contributed by atoms with E-state index >= 15 is 0 Å². The summed E-state index contributed by atoms with van der Waals surface area (Å²) in [5, 5.41) is 3.18. The topological polar surface area (TPSA) is 77.0 Å². The number of hydrogen-bond acceptors (Lipinski definition) is 5. The minimum atomic E-state index is 0.525. The van der Waals surface area contributed by atoms with Crippen LogP contribution in [0, 0.1) is 6.92 Å². The summed E-state index contributed by atoms with van der Waals surface area (Å²) in [5.74, 6) is 0.525. The average molecular weight is 266 g/mol. The van der Waals surface area contributed by atoms with Crippen molar-refractivity contribution < 1.29 is 4.42 Å². The molecule has 20 heavy (non-hydrogen) atoms. The van der Waals surface area contributed by atoms with Gasteiger partial charge in [0.25, 0.3) is 0 Å². The number of nitrogen functional groups attached to an aromatic ring is 1. The molecule has 3 rings (SSSR count). The normalized spacial score (nSPS) is 10.4. The monoisotopic (exact) mass is 266 g/mol. The highest BCUT2D eigenvalue weighted by atomic mass is 16.3. The Hall–Kier alpha value is -2.82. The largest absolute Gasteiger partial charge is 0.472 e. The highest BCUT2D eigenvalue weighted by Crippen LogP contribution is 2.23. The van der Waals surface area contributed by atoms with Crippen molar-refractivity contribution in [3.8, 4) is 11.3 Å². The van der Waals surface area contributed by atoms with E-state index in [0.717, 1.165) is 22.5 Å². The maximum Gasteiger partial charge on any atom is 0.227 e. The van der Waals surface area contributed by atoms with E-state index < -0.39 is 0 Å². The Labute approximate surface area is 116 Å². The lowest BCUT2D eigenvalue weighted by Crippen LogP contribution is -2.00. The van der Waals surface area contributed by atoms with Crippen molar-refractivity contribution in [2.45, 2.75) is 6.92 Å². The summed E-state index contributed by atoms with van der Waals surface area (Å²) in [7, 11) is 0. The lowest BCUT2D eigenvalue weighted by Gasteiger charge is -2.09. The first-order chi connectivity index (χ1) is 9.72. The Morgan fingerprint density at radius 2 is 2.10 bits per heavy atom. The van der Waals surface area contributed by atoms with Crippen LogP contribution in [0.15, 0.2) is 53.5 Å². The van der Waals surface area contributed by atoms with Gasteiger partial charge in [-0.25, -0.2) is 9.97 Å². The summed E-state index contributed by atoms with van der Waals surface area (Å²) >= 11 is 0. The number of nitrogens with one attached hydrogen (secondary N) is 1. The third-order valence-electron chi connectivity index (χ3n) is 2.98. The first kappa shape index (κ1) is 12.2. The summed E-state index contributed by atoms with van der Waals surface area (Å²) in [6, 6.07) is 9.38. The summed E-state index contributed by atoms with van der Waals surface area (Å²) in [6.07, 6.45) is 4.98. The Bertz CT molecular complexity index is 722. The van der Waals surface area contributed by atoms with Crippen molar-refractivity contribution in [1.29, 1.82) is 0 Å². The van der Waals surface area contributed by atoms with Crippen LogP contribution < -0.4 is 11.1 Å². The van der Waals surface area contributed by atoms with Crippen molar-refractivity contribution in [3.05, 3.63) is 54.6 Å². The molecule has 3 N–H and O–H groups in total. The van der Waals surface area contributed by atoms with E-state index in [-0.39, 0.29) is 0 Å². The smallest absolute Gasteiger partial charge is 0.227 e. The van der Waals surface area contributed by atoms with Crippen LogP contribution in [0.4, 0.5) is 17.3 Å². The molecule has 0 bridgehead atoms. The van der Waals surface area contributed by atoms with Crippen LogP contribution in [-0.4, -0.2) is 9.97 Å². The number of aryl methyl sites for hydroxylation is 1. The molecular weight excluding hydrogens is 252 g/mol. The fourth-order valence-corrected chi connectivity index (χ4v) is 1.88. The van der Waals surface area contributed by atoms with Gasteiger partial charge in [0, 0.05) is 23.1 Å². The predicted molar refractivity (Wildman–Crippen MR) is 78.6 cm³/mol. The van der Waals surface area contributed by atoms with E-state index in [1.54, 1.807) is 18.7 Å². The van der Waals surface area contributed by atoms with Crippen molar-refractivity contribution in [2.24, 2.45) is 0 Å². The van der Waals surface area contributed by atoms with E-state index in [1.165, 1.54) is 0 Å². The van der Waals surface area contributed by atoms with Gasteiger partial charge in [-0.15, -0.1) is 0 Å². The molecule has 0 atom stereocenters. The first-order valence-electron chi connectivity index (χ1n) is 6.21. The van der Waals surface area contributed by atoms with Gasteiger partial charge in [-0.2, -0.15) is 0 Å². The maximum absolute atomic E-state index is 5.79. The Morgan fingerprint density at radius 3 is 2.90 bits per heavy atom. The molecule has 2 heterocycles. The van der Waals surface area contributed by atoms with Crippen LogP contribution in [0.1, 0.15) is 5.56 Å². The lowest BCUT2D eigenvalue weighted by molar-refractivity contribution is 0.568. The molecule has 0 amide bonds. The Kier molecular flexibility index (Phi) is 3.09. The van der Waals surface area contributed by atoms with E-state index in [2.05, 4.69) is 15.3 Å². The van der Waals surface area contributed by atoms with Gasteiger partial charge >= 0.3 is 0 Å². The molecule has 0 saturated carbocycles. The number of hydrogen-bond donors (Lipinski definition) is 2. The van der Waals surface area contributed by atoms with Crippen molar-refractivity contribution >= 4 is 17.3 Å². The second-order valence-corrected chi connectivity index (χ2v) is 4.48. The second-order valence-electron chi connectivity index (χ2n) is 4.48. The third kappa shape index (κ3) is 2.47. The van der Waals surface area contributed by atoms with Crippen molar-refractivity contribution in [1.82, 2.24) is 9.97 Å². The molecule has 0 radical (unpaired) electrons. The minimum absolute atomic E-state index is 0.525. The molecule has 0 aliphatic heterocycles. The van der Waals surface area contributed by atoms with Crippen LogP contribution in [0.3, 0.4) is 0 Å². The number of furan rings is 1. The number of benzene rings is 1. The van der Waals surface area contributed by atoms with Gasteiger partial charge < -0.3 is 15.5 Å². The molecule has 0 spiro atoms. The van der Waals surface area contributed by atoms with Gasteiger partial charge in [0.1, 0.15) is 0 Å². The molecule has 0 aliphatic carbocycles. The Morgan fingerprint density at radius 1 is 1.20 bits per heavy atom. The standard InChI is InChI=1S/C15H14N4O/c1-10-2-3-12(16)8-14(10)19-15-17-6-4-13(18-15)11-5-7-20-9-11/h2-9H,16H2,1H3,(H,17,18,19). The van der Waals surface area contributed by atoms with E-state index in [0.29, 0.717) is 11.6 Å². The number of rotatable bonds is 3. The first-order valence-corrected chi connectivity index (χ1v) is 6.21. The number of anilines is 3. The zero-order chi connectivity index (χ0) is 13.9. The lowest BCUT2D eigenvalue weighted by atomic mass is 10.2. The van der Waals surface area contributed by atoms with E-state index in [4.69, 9.17) is 10.2 Å². The SMILES string of the molecule is Cc1ccc(N)cc1Nc1nccc(-c2ccoc2)n1. The molecule has 0 unspecified atom stereocenters. The number of nitrogens with zero attached hydrogens (tertiary/aromatic N) is 2. The molecule has 100 valence electrons. The van der Waals surface area contributed by atoms with Gasteiger partial charge in [-0.1, -0.05) is 6.07 Å². The fraction of sp³-hybridized carbons (Fsp3) is 0.0667. The zero-order valence-electron chi connectivity index (χ0n) is 11.0. The van der Waals surface area contributed by atoms with Crippen LogP contribution >= 0.6 is 0 Å². The Balaban J connectivity index is 1.91. The average Bonchev–Trinajstić information content (AvgIpc) is 2.97. The number of nitrogens with two attached hydrogens (primary N) is 1. The summed E-state index contributed by atoms with van der Waals surface area (Å²) in [5.41, 5.74) is 10.2. The van der Waals surface area contributed by atoms with Crippen LogP contribution in [0.5, 0.6) is 0 Å². The van der Waals surface area contributed by atoms with Gasteiger partial charge in [0.15, 0.2) is 0 Å². The molecular formula is C15H14N4O. The van der Waals surface area contributed by atoms with Gasteiger partial charge in [-0.3, -0.25) is 0 Å². The van der Waals surface area contributed by atoms with Crippen molar-refractivity contribution in [2.75, 3.05) is 11.1 Å². The predicted octanol–water partition coefficient (Wildman–Crippen LogP) is 3.37. The zero-order valence-corrected chi connectivity index (χ0v) is 11.0. The van der Waals surface area contributed by atoms with Gasteiger partial charge in [-0.05, 0) is 36.8 Å². The molecule has 3 aromatic rings. The summed E-state index contributed by atoms with van der Waals surface area (Å²) in [6.45, 7) is 2.00. The van der Waals surface area contributed by atoms with Crippen LogP contribution in [0.2, 0.25) is 0 Å².